The van der Waals surface area contributed by atoms with E-state index < -0.39 is 17.4 Å². The van der Waals surface area contributed by atoms with Gasteiger partial charge in [-0.25, -0.2) is 9.18 Å². The summed E-state index contributed by atoms with van der Waals surface area (Å²) in [7, 11) is 0. The predicted octanol–water partition coefficient (Wildman–Crippen LogP) is 4.09. The third-order valence-electron chi connectivity index (χ3n) is 1.62. The Bertz CT molecular complexity index is 401. The molecule has 0 saturated carbocycles. The lowest BCUT2D eigenvalue weighted by Gasteiger charge is -2.19. The Morgan fingerprint density at radius 2 is 1.69 bits per heavy atom. The number of hydrogen-bond donors (Lipinski definition) is 0. The van der Waals surface area contributed by atoms with Gasteiger partial charge in [-0.15, -0.1) is 0 Å². The molecule has 0 N–H and O–H groups in total. The molecule has 1 aromatic carbocycles. The topological polar surface area (TPSA) is 26.3 Å². The maximum absolute atomic E-state index is 13.1. The van der Waals surface area contributed by atoms with Gasteiger partial charge >= 0.3 is 5.97 Å². The highest BCUT2D eigenvalue weighted by Crippen LogP contribution is 2.25. The molecule has 2 nitrogen and oxygen atoms in total. The Hall–Kier alpha value is -0.800. The Balaban J connectivity index is 3.02. The van der Waals surface area contributed by atoms with Gasteiger partial charge in [-0.1, -0.05) is 23.2 Å². The quantitative estimate of drug-likeness (QED) is 0.564. The van der Waals surface area contributed by atoms with Gasteiger partial charge < -0.3 is 4.74 Å². The maximum Gasteiger partial charge on any atom is 0.338 e. The maximum atomic E-state index is 13.1. The van der Waals surface area contributed by atoms with Crippen molar-refractivity contribution in [2.45, 2.75) is 26.4 Å². The molecular formula is C11H11Cl2FO2. The first-order chi connectivity index (χ1) is 7.20. The molecule has 5 heteroatoms. The van der Waals surface area contributed by atoms with Crippen LogP contribution in [0, 0.1) is 5.82 Å². The number of esters is 1. The van der Waals surface area contributed by atoms with Crippen molar-refractivity contribution in [3.8, 4) is 0 Å². The molecule has 0 aliphatic heterocycles. The highest BCUT2D eigenvalue weighted by atomic mass is 35.5. The van der Waals surface area contributed by atoms with Crippen molar-refractivity contribution in [3.05, 3.63) is 33.6 Å². The first-order valence-electron chi connectivity index (χ1n) is 4.58. The standard InChI is InChI=1S/C11H11Cl2FO2/c1-11(2,3)16-10(15)6-4-7(12)9(14)8(13)5-6/h4-5H,1-3H3. The van der Waals surface area contributed by atoms with Gasteiger partial charge in [-0.3, -0.25) is 0 Å². The molecule has 0 fully saturated rings. The third-order valence-corrected chi connectivity index (χ3v) is 2.17. The largest absolute Gasteiger partial charge is 0.456 e. The SMILES string of the molecule is CC(C)(C)OC(=O)c1cc(Cl)c(F)c(Cl)c1. The normalized spacial score (nSPS) is 11.4. The van der Waals surface area contributed by atoms with E-state index in [1.54, 1.807) is 20.8 Å². The first-order valence-corrected chi connectivity index (χ1v) is 5.34. The van der Waals surface area contributed by atoms with Crippen LogP contribution in [0.1, 0.15) is 31.1 Å². The van der Waals surface area contributed by atoms with E-state index in [1.165, 1.54) is 12.1 Å². The molecule has 0 radical (unpaired) electrons. The van der Waals surface area contributed by atoms with Gasteiger partial charge in [-0.05, 0) is 32.9 Å². The Morgan fingerprint density at radius 3 is 2.06 bits per heavy atom. The van der Waals surface area contributed by atoms with Gasteiger partial charge in [0.15, 0.2) is 5.82 Å². The summed E-state index contributed by atoms with van der Waals surface area (Å²) in [6, 6.07) is 2.38. The summed E-state index contributed by atoms with van der Waals surface area (Å²) >= 11 is 11.1. The van der Waals surface area contributed by atoms with E-state index in [0.29, 0.717) is 0 Å². The molecule has 16 heavy (non-hydrogen) atoms. The fourth-order valence-electron chi connectivity index (χ4n) is 1.01. The molecule has 1 rings (SSSR count). The summed E-state index contributed by atoms with van der Waals surface area (Å²) in [5, 5.41) is -0.401. The third kappa shape index (κ3) is 3.35. The molecule has 0 saturated heterocycles. The molecule has 1 aromatic rings. The van der Waals surface area contributed by atoms with Crippen LogP contribution in [0.3, 0.4) is 0 Å². The minimum Gasteiger partial charge on any atom is -0.456 e. The van der Waals surface area contributed by atoms with Crippen LogP contribution in [-0.4, -0.2) is 11.6 Å². The lowest BCUT2D eigenvalue weighted by atomic mass is 10.1. The zero-order chi connectivity index (χ0) is 12.5. The number of rotatable bonds is 1. The first kappa shape index (κ1) is 13.3. The molecule has 0 aliphatic rings. The second-order valence-electron chi connectivity index (χ2n) is 4.26. The minimum atomic E-state index is -0.740. The number of carbonyl (C=O) groups is 1. The van der Waals surface area contributed by atoms with Crippen molar-refractivity contribution in [3.63, 3.8) is 0 Å². The van der Waals surface area contributed by atoms with E-state index in [0.717, 1.165) is 0 Å². The summed E-state index contributed by atoms with van der Waals surface area (Å²) < 4.78 is 18.2. The van der Waals surface area contributed by atoms with Gasteiger partial charge in [0.25, 0.3) is 0 Å². The van der Waals surface area contributed by atoms with Crippen LogP contribution in [0.25, 0.3) is 0 Å². The summed E-state index contributed by atoms with van der Waals surface area (Å²) in [4.78, 5) is 11.6. The van der Waals surface area contributed by atoms with Crippen LogP contribution >= 0.6 is 23.2 Å². The van der Waals surface area contributed by atoms with Gasteiger partial charge in [0.2, 0.25) is 0 Å². The monoisotopic (exact) mass is 264 g/mol. The number of hydrogen-bond acceptors (Lipinski definition) is 2. The lowest BCUT2D eigenvalue weighted by Crippen LogP contribution is -2.23. The van der Waals surface area contributed by atoms with Crippen LogP contribution in [0.5, 0.6) is 0 Å². The van der Waals surface area contributed by atoms with Crippen molar-refractivity contribution in [2.75, 3.05) is 0 Å². The zero-order valence-corrected chi connectivity index (χ0v) is 10.6. The van der Waals surface area contributed by atoms with E-state index in [4.69, 9.17) is 27.9 Å². The molecule has 0 bridgehead atoms. The van der Waals surface area contributed by atoms with E-state index in [2.05, 4.69) is 0 Å². The van der Waals surface area contributed by atoms with E-state index in [1.807, 2.05) is 0 Å². The average Bonchev–Trinajstić information content (AvgIpc) is 2.10. The Kier molecular flexibility index (Phi) is 3.81. The van der Waals surface area contributed by atoms with Gasteiger partial charge in [0, 0.05) is 0 Å². The van der Waals surface area contributed by atoms with Gasteiger partial charge in [-0.2, -0.15) is 0 Å². The molecule has 0 unspecified atom stereocenters. The lowest BCUT2D eigenvalue weighted by molar-refractivity contribution is 0.00695. The molecule has 0 heterocycles. The van der Waals surface area contributed by atoms with E-state index in [-0.39, 0.29) is 15.6 Å². The van der Waals surface area contributed by atoms with Crippen LogP contribution in [0.2, 0.25) is 10.0 Å². The van der Waals surface area contributed by atoms with Crippen molar-refractivity contribution in [2.24, 2.45) is 0 Å². The minimum absolute atomic E-state index is 0.131. The predicted molar refractivity (Wildman–Crippen MR) is 61.6 cm³/mol. The van der Waals surface area contributed by atoms with Crippen molar-refractivity contribution < 1.29 is 13.9 Å². The number of halogens is 3. The molecular weight excluding hydrogens is 254 g/mol. The summed E-state index contributed by atoms with van der Waals surface area (Å²) in [5.41, 5.74) is -0.490. The summed E-state index contributed by atoms with van der Waals surface area (Å²) in [6.45, 7) is 5.20. The summed E-state index contributed by atoms with van der Waals surface area (Å²) in [5.74, 6) is -1.33. The van der Waals surface area contributed by atoms with Crippen molar-refractivity contribution in [1.29, 1.82) is 0 Å². The summed E-state index contributed by atoms with van der Waals surface area (Å²) in [6.07, 6.45) is 0. The number of ether oxygens (including phenoxy) is 1. The fraction of sp³-hybridized carbons (Fsp3) is 0.364. The average molecular weight is 265 g/mol. The Labute approximate surface area is 103 Å². The molecule has 0 atom stereocenters. The van der Waals surface area contributed by atoms with E-state index >= 15 is 0 Å². The Morgan fingerprint density at radius 1 is 1.25 bits per heavy atom. The highest BCUT2D eigenvalue weighted by molar-refractivity contribution is 6.35. The fourth-order valence-corrected chi connectivity index (χ4v) is 1.50. The zero-order valence-electron chi connectivity index (χ0n) is 9.11. The van der Waals surface area contributed by atoms with Crippen LogP contribution in [0.4, 0.5) is 4.39 Å². The highest BCUT2D eigenvalue weighted by Gasteiger charge is 2.19. The van der Waals surface area contributed by atoms with Crippen molar-refractivity contribution in [1.82, 2.24) is 0 Å². The molecule has 0 aliphatic carbocycles. The number of carbonyl (C=O) groups excluding carboxylic acids is 1. The molecule has 0 amide bonds. The second-order valence-corrected chi connectivity index (χ2v) is 5.07. The van der Waals surface area contributed by atoms with Crippen LogP contribution in [0.15, 0.2) is 12.1 Å². The van der Waals surface area contributed by atoms with E-state index in [9.17, 15) is 9.18 Å². The second kappa shape index (κ2) is 4.60. The molecule has 88 valence electrons. The smallest absolute Gasteiger partial charge is 0.338 e. The van der Waals surface area contributed by atoms with Crippen LogP contribution in [-0.2, 0) is 4.74 Å². The van der Waals surface area contributed by atoms with Crippen molar-refractivity contribution >= 4 is 29.2 Å². The van der Waals surface area contributed by atoms with Crippen LogP contribution < -0.4 is 0 Å². The van der Waals surface area contributed by atoms with Gasteiger partial charge in [0.1, 0.15) is 5.60 Å². The van der Waals surface area contributed by atoms with Gasteiger partial charge in [0.05, 0.1) is 15.6 Å². The molecule has 0 spiro atoms. The molecule has 0 aromatic heterocycles. The number of benzene rings is 1.